The molecule has 0 bridgehead atoms. The fourth-order valence-corrected chi connectivity index (χ4v) is 1.52. The Labute approximate surface area is 104 Å². The van der Waals surface area contributed by atoms with Crippen molar-refractivity contribution in [2.24, 2.45) is 0 Å². The summed E-state index contributed by atoms with van der Waals surface area (Å²) in [5, 5.41) is 2.81. The number of hydrogen-bond donors (Lipinski definition) is 1. The van der Waals surface area contributed by atoms with Gasteiger partial charge in [-0.05, 0) is 31.9 Å². The first-order chi connectivity index (χ1) is 8.06. The number of rotatable bonds is 4. The summed E-state index contributed by atoms with van der Waals surface area (Å²) in [7, 11) is 0. The van der Waals surface area contributed by atoms with Gasteiger partial charge in [-0.2, -0.15) is 0 Å². The zero-order valence-electron chi connectivity index (χ0n) is 9.37. The fraction of sp³-hybridized carbons (Fsp3) is 0.417. The molecule has 1 aromatic carbocycles. The van der Waals surface area contributed by atoms with Crippen molar-refractivity contribution in [1.29, 1.82) is 0 Å². The smallest absolute Gasteiger partial charge is 0.260 e. The van der Waals surface area contributed by atoms with Crippen LogP contribution in [0.25, 0.3) is 0 Å². The van der Waals surface area contributed by atoms with Gasteiger partial charge in [0.2, 0.25) is 0 Å². The second-order valence-electron chi connectivity index (χ2n) is 4.12. The Morgan fingerprint density at radius 2 is 2.29 bits per heavy atom. The van der Waals surface area contributed by atoms with Gasteiger partial charge >= 0.3 is 0 Å². The second kappa shape index (κ2) is 4.92. The lowest BCUT2D eigenvalue weighted by Gasteiger charge is -2.14. The van der Waals surface area contributed by atoms with Crippen molar-refractivity contribution in [3.63, 3.8) is 0 Å². The Balaban J connectivity index is 1.94. The number of hydrogen-bond acceptors (Lipinski definition) is 2. The SMILES string of the molecule is C[C@@H](Oc1ccc(F)c(Cl)c1)C(=O)NC1CC1. The van der Waals surface area contributed by atoms with E-state index in [-0.39, 0.29) is 10.9 Å². The van der Waals surface area contributed by atoms with Gasteiger partial charge in [0, 0.05) is 12.1 Å². The van der Waals surface area contributed by atoms with E-state index in [4.69, 9.17) is 16.3 Å². The third kappa shape index (κ3) is 3.33. The summed E-state index contributed by atoms with van der Waals surface area (Å²) < 4.78 is 18.3. The maximum absolute atomic E-state index is 12.9. The van der Waals surface area contributed by atoms with E-state index in [0.29, 0.717) is 11.8 Å². The van der Waals surface area contributed by atoms with Crippen molar-refractivity contribution in [3.8, 4) is 5.75 Å². The van der Waals surface area contributed by atoms with E-state index in [9.17, 15) is 9.18 Å². The number of halogens is 2. The summed E-state index contributed by atoms with van der Waals surface area (Å²) in [5.41, 5.74) is 0. The van der Waals surface area contributed by atoms with E-state index in [1.807, 2.05) is 0 Å². The van der Waals surface area contributed by atoms with E-state index < -0.39 is 11.9 Å². The molecule has 0 aromatic heterocycles. The Morgan fingerprint density at radius 1 is 1.59 bits per heavy atom. The molecular formula is C12H13ClFNO2. The molecule has 1 aliphatic carbocycles. The van der Waals surface area contributed by atoms with Crippen LogP contribution in [0.4, 0.5) is 4.39 Å². The molecule has 1 atom stereocenters. The number of ether oxygens (including phenoxy) is 1. The standard InChI is InChI=1S/C12H13ClFNO2/c1-7(12(16)15-8-2-3-8)17-9-4-5-11(14)10(13)6-9/h4-8H,2-3H2,1H3,(H,15,16)/t7-/m1/s1. The highest BCUT2D eigenvalue weighted by Crippen LogP contribution is 2.22. The normalized spacial score (nSPS) is 16.4. The van der Waals surface area contributed by atoms with Gasteiger partial charge in [-0.1, -0.05) is 11.6 Å². The molecule has 0 saturated heterocycles. The molecule has 17 heavy (non-hydrogen) atoms. The summed E-state index contributed by atoms with van der Waals surface area (Å²) in [5.74, 6) is -0.281. The van der Waals surface area contributed by atoms with Crippen LogP contribution in [-0.2, 0) is 4.79 Å². The molecule has 92 valence electrons. The van der Waals surface area contributed by atoms with Gasteiger partial charge in [-0.25, -0.2) is 4.39 Å². The first-order valence-electron chi connectivity index (χ1n) is 5.48. The van der Waals surface area contributed by atoms with Crippen LogP contribution in [0.2, 0.25) is 5.02 Å². The highest BCUT2D eigenvalue weighted by atomic mass is 35.5. The molecule has 5 heteroatoms. The van der Waals surface area contributed by atoms with Crippen LogP contribution in [0.1, 0.15) is 19.8 Å². The summed E-state index contributed by atoms with van der Waals surface area (Å²) >= 11 is 5.62. The largest absolute Gasteiger partial charge is 0.481 e. The van der Waals surface area contributed by atoms with E-state index >= 15 is 0 Å². The van der Waals surface area contributed by atoms with Gasteiger partial charge in [0.25, 0.3) is 5.91 Å². The number of benzene rings is 1. The van der Waals surface area contributed by atoms with Crippen molar-refractivity contribution in [3.05, 3.63) is 29.0 Å². The number of carbonyl (C=O) groups is 1. The third-order valence-electron chi connectivity index (χ3n) is 2.50. The van der Waals surface area contributed by atoms with Gasteiger partial charge in [-0.3, -0.25) is 4.79 Å². The van der Waals surface area contributed by atoms with Crippen molar-refractivity contribution in [2.75, 3.05) is 0 Å². The Kier molecular flexibility index (Phi) is 3.52. The van der Waals surface area contributed by atoms with E-state index in [2.05, 4.69) is 5.32 Å². The third-order valence-corrected chi connectivity index (χ3v) is 2.79. The predicted octanol–water partition coefficient (Wildman–Crippen LogP) is 2.53. The molecule has 0 unspecified atom stereocenters. The van der Waals surface area contributed by atoms with Crippen molar-refractivity contribution >= 4 is 17.5 Å². The fourth-order valence-electron chi connectivity index (χ4n) is 1.35. The van der Waals surface area contributed by atoms with Crippen LogP contribution < -0.4 is 10.1 Å². The average Bonchev–Trinajstić information content (AvgIpc) is 3.07. The zero-order chi connectivity index (χ0) is 12.4. The number of carbonyl (C=O) groups excluding carboxylic acids is 1. The molecular weight excluding hydrogens is 245 g/mol. The first-order valence-corrected chi connectivity index (χ1v) is 5.86. The highest BCUT2D eigenvalue weighted by molar-refractivity contribution is 6.30. The Bertz CT molecular complexity index is 435. The minimum absolute atomic E-state index is 0.0164. The monoisotopic (exact) mass is 257 g/mol. The van der Waals surface area contributed by atoms with Crippen LogP contribution >= 0.6 is 11.6 Å². The maximum Gasteiger partial charge on any atom is 0.260 e. The summed E-state index contributed by atoms with van der Waals surface area (Å²) in [6.45, 7) is 1.65. The van der Waals surface area contributed by atoms with Gasteiger partial charge in [0.1, 0.15) is 11.6 Å². The minimum atomic E-state index is -0.614. The molecule has 0 heterocycles. The van der Waals surface area contributed by atoms with Gasteiger partial charge < -0.3 is 10.1 Å². The number of amides is 1. The molecule has 1 aliphatic rings. The zero-order valence-corrected chi connectivity index (χ0v) is 10.1. The van der Waals surface area contributed by atoms with Crippen molar-refractivity contribution in [1.82, 2.24) is 5.32 Å². The molecule has 0 spiro atoms. The maximum atomic E-state index is 12.9. The average molecular weight is 258 g/mol. The molecule has 1 aromatic rings. The minimum Gasteiger partial charge on any atom is -0.481 e. The molecule has 1 fully saturated rings. The molecule has 1 N–H and O–H groups in total. The second-order valence-corrected chi connectivity index (χ2v) is 4.53. The van der Waals surface area contributed by atoms with Crippen molar-refractivity contribution < 1.29 is 13.9 Å². The summed E-state index contributed by atoms with van der Waals surface area (Å²) in [4.78, 5) is 11.6. The van der Waals surface area contributed by atoms with Crippen LogP contribution in [0.3, 0.4) is 0 Å². The van der Waals surface area contributed by atoms with Crippen LogP contribution in [-0.4, -0.2) is 18.1 Å². The molecule has 3 nitrogen and oxygen atoms in total. The highest BCUT2D eigenvalue weighted by Gasteiger charge is 2.26. The summed E-state index contributed by atoms with van der Waals surface area (Å²) in [6.07, 6.45) is 1.44. The van der Waals surface area contributed by atoms with Crippen LogP contribution in [0.5, 0.6) is 5.75 Å². The van der Waals surface area contributed by atoms with Crippen molar-refractivity contribution in [2.45, 2.75) is 31.9 Å². The number of nitrogens with one attached hydrogen (secondary N) is 1. The first kappa shape index (κ1) is 12.2. The molecule has 2 rings (SSSR count). The predicted molar refractivity (Wildman–Crippen MR) is 62.7 cm³/mol. The van der Waals surface area contributed by atoms with Gasteiger partial charge in [-0.15, -0.1) is 0 Å². The molecule has 0 aliphatic heterocycles. The lowest BCUT2D eigenvalue weighted by Crippen LogP contribution is -2.37. The van der Waals surface area contributed by atoms with E-state index in [1.54, 1.807) is 6.92 Å². The Morgan fingerprint density at radius 3 is 2.88 bits per heavy atom. The lowest BCUT2D eigenvalue weighted by atomic mass is 10.3. The molecule has 0 radical (unpaired) electrons. The summed E-state index contributed by atoms with van der Waals surface area (Å²) in [6, 6.07) is 4.31. The van der Waals surface area contributed by atoms with Crippen LogP contribution in [0.15, 0.2) is 18.2 Å². The molecule has 1 saturated carbocycles. The molecule has 1 amide bonds. The van der Waals surface area contributed by atoms with E-state index in [0.717, 1.165) is 12.8 Å². The Hall–Kier alpha value is -1.29. The van der Waals surface area contributed by atoms with Crippen LogP contribution in [0, 0.1) is 5.82 Å². The quantitative estimate of drug-likeness (QED) is 0.900. The van der Waals surface area contributed by atoms with E-state index in [1.165, 1.54) is 18.2 Å². The lowest BCUT2D eigenvalue weighted by molar-refractivity contribution is -0.127. The van der Waals surface area contributed by atoms with Gasteiger partial charge in [0.15, 0.2) is 6.10 Å². The van der Waals surface area contributed by atoms with Gasteiger partial charge in [0.05, 0.1) is 5.02 Å². The topological polar surface area (TPSA) is 38.3 Å².